The molecular weight excluding hydrogens is 228 g/mol. The van der Waals surface area contributed by atoms with E-state index in [2.05, 4.69) is 34.1 Å². The van der Waals surface area contributed by atoms with E-state index in [9.17, 15) is 0 Å². The second-order valence-corrected chi connectivity index (χ2v) is 6.92. The summed E-state index contributed by atoms with van der Waals surface area (Å²) in [6, 6.07) is 0. The van der Waals surface area contributed by atoms with Crippen molar-refractivity contribution >= 4 is 0 Å². The molecule has 0 aliphatic rings. The van der Waals surface area contributed by atoms with E-state index in [4.69, 9.17) is 0 Å². The molecule has 0 amide bonds. The van der Waals surface area contributed by atoms with Gasteiger partial charge in [-0.05, 0) is 18.3 Å². The number of hydrogen-bond acceptors (Lipinski definition) is 0. The highest BCUT2D eigenvalue weighted by Gasteiger charge is 2.13. The Morgan fingerprint density at radius 1 is 0.632 bits per heavy atom. The van der Waals surface area contributed by atoms with E-state index in [-0.39, 0.29) is 0 Å². The molecule has 0 unspecified atom stereocenters. The third-order valence-corrected chi connectivity index (χ3v) is 4.46. The quantitative estimate of drug-likeness (QED) is 0.289. The van der Waals surface area contributed by atoms with Gasteiger partial charge in [0.25, 0.3) is 0 Å². The molecule has 0 aliphatic carbocycles. The fraction of sp³-hybridized carbons (Fsp3) is 0.947. The van der Waals surface area contributed by atoms with Crippen LogP contribution in [0.1, 0.15) is 111 Å². The predicted octanol–water partition coefficient (Wildman–Crippen LogP) is 7.33. The van der Waals surface area contributed by atoms with Crippen LogP contribution in [0.25, 0.3) is 0 Å². The summed E-state index contributed by atoms with van der Waals surface area (Å²) in [5, 5.41) is 0. The van der Waals surface area contributed by atoms with Crippen LogP contribution >= 0.6 is 0 Å². The molecule has 0 atom stereocenters. The molecule has 0 aromatic carbocycles. The highest BCUT2D eigenvalue weighted by molar-refractivity contribution is 4.80. The van der Waals surface area contributed by atoms with Crippen molar-refractivity contribution in [3.05, 3.63) is 6.42 Å². The lowest BCUT2D eigenvalue weighted by Crippen LogP contribution is -2.09. The largest absolute Gasteiger partial charge is 0.0654 e. The van der Waals surface area contributed by atoms with E-state index in [1.165, 1.54) is 83.5 Å². The number of rotatable bonds is 14. The summed E-state index contributed by atoms with van der Waals surface area (Å²) in [6.07, 6.45) is 21.1. The average molecular weight is 268 g/mol. The van der Waals surface area contributed by atoms with Crippen molar-refractivity contribution in [3.63, 3.8) is 0 Å². The molecule has 0 aromatic rings. The highest BCUT2D eigenvalue weighted by atomic mass is 14.2. The van der Waals surface area contributed by atoms with Crippen LogP contribution in [-0.4, -0.2) is 0 Å². The molecule has 0 heteroatoms. The second-order valence-electron chi connectivity index (χ2n) is 6.92. The van der Waals surface area contributed by atoms with Gasteiger partial charge in [0.15, 0.2) is 0 Å². The SMILES string of the molecule is C[CH]C(C)(C)CCCCCCCCCCCCCC. The summed E-state index contributed by atoms with van der Waals surface area (Å²) < 4.78 is 0. The predicted molar refractivity (Wildman–Crippen MR) is 89.5 cm³/mol. The van der Waals surface area contributed by atoms with Gasteiger partial charge in [0.2, 0.25) is 0 Å². The second kappa shape index (κ2) is 13.0. The van der Waals surface area contributed by atoms with Gasteiger partial charge in [-0.3, -0.25) is 0 Å². The molecule has 0 bridgehead atoms. The topological polar surface area (TPSA) is 0 Å². The van der Waals surface area contributed by atoms with Gasteiger partial charge in [-0.15, -0.1) is 0 Å². The zero-order valence-electron chi connectivity index (χ0n) is 14.3. The fourth-order valence-corrected chi connectivity index (χ4v) is 2.57. The zero-order valence-corrected chi connectivity index (χ0v) is 14.3. The first-order chi connectivity index (χ1) is 9.12. The summed E-state index contributed by atoms with van der Waals surface area (Å²) in [4.78, 5) is 0. The van der Waals surface area contributed by atoms with Crippen LogP contribution < -0.4 is 0 Å². The van der Waals surface area contributed by atoms with Crippen molar-refractivity contribution < 1.29 is 0 Å². The summed E-state index contributed by atoms with van der Waals surface area (Å²) in [6.45, 7) is 9.19. The first kappa shape index (κ1) is 19.0. The Balaban J connectivity index is 3.07. The lowest BCUT2D eigenvalue weighted by molar-refractivity contribution is 0.377. The summed E-state index contributed by atoms with van der Waals surface area (Å²) in [5.74, 6) is 0. The Bertz CT molecular complexity index is 169. The number of hydrogen-bond donors (Lipinski definition) is 0. The molecule has 0 saturated carbocycles. The molecule has 1 radical (unpaired) electrons. The molecule has 0 nitrogen and oxygen atoms in total. The average Bonchev–Trinajstić information content (AvgIpc) is 2.40. The molecule has 0 aliphatic heterocycles. The van der Waals surface area contributed by atoms with Crippen molar-refractivity contribution in [2.75, 3.05) is 0 Å². The standard InChI is InChI=1S/C19H39/c1-5-7-8-9-10-11-12-13-14-15-16-17-18-19(3,4)6-2/h6H,5,7-18H2,1-4H3. The maximum Gasteiger partial charge on any atom is -0.0326 e. The smallest absolute Gasteiger partial charge is 0.0326 e. The maximum atomic E-state index is 2.35. The third-order valence-electron chi connectivity index (χ3n) is 4.46. The lowest BCUT2D eigenvalue weighted by Gasteiger charge is -2.21. The lowest BCUT2D eigenvalue weighted by atomic mass is 9.84. The van der Waals surface area contributed by atoms with Gasteiger partial charge in [-0.25, -0.2) is 0 Å². The zero-order chi connectivity index (χ0) is 14.4. The first-order valence-corrected chi connectivity index (χ1v) is 8.93. The van der Waals surface area contributed by atoms with E-state index in [1.54, 1.807) is 0 Å². The van der Waals surface area contributed by atoms with Gasteiger partial charge in [0.05, 0.1) is 0 Å². The molecule has 0 fully saturated rings. The van der Waals surface area contributed by atoms with E-state index >= 15 is 0 Å². The minimum absolute atomic E-state index is 0.457. The Hall–Kier alpha value is 0. The Labute approximate surface area is 123 Å². The van der Waals surface area contributed by atoms with Crippen molar-refractivity contribution in [2.24, 2.45) is 5.41 Å². The molecule has 115 valence electrons. The van der Waals surface area contributed by atoms with Crippen molar-refractivity contribution in [1.82, 2.24) is 0 Å². The highest BCUT2D eigenvalue weighted by Crippen LogP contribution is 2.26. The monoisotopic (exact) mass is 267 g/mol. The summed E-state index contributed by atoms with van der Waals surface area (Å²) in [5.41, 5.74) is 0.457. The molecule has 0 N–H and O–H groups in total. The van der Waals surface area contributed by atoms with E-state index in [0.717, 1.165) is 0 Å². The number of unbranched alkanes of at least 4 members (excludes halogenated alkanes) is 11. The van der Waals surface area contributed by atoms with Gasteiger partial charge in [-0.1, -0.05) is 105 Å². The third kappa shape index (κ3) is 14.2. The Kier molecular flexibility index (Phi) is 13.0. The van der Waals surface area contributed by atoms with Crippen LogP contribution in [0.15, 0.2) is 0 Å². The van der Waals surface area contributed by atoms with Gasteiger partial charge in [-0.2, -0.15) is 0 Å². The van der Waals surface area contributed by atoms with Crippen LogP contribution in [0.2, 0.25) is 0 Å². The normalized spacial score (nSPS) is 12.0. The Morgan fingerprint density at radius 3 is 1.37 bits per heavy atom. The molecule has 19 heavy (non-hydrogen) atoms. The minimum Gasteiger partial charge on any atom is -0.0654 e. The van der Waals surface area contributed by atoms with Crippen molar-refractivity contribution in [1.29, 1.82) is 0 Å². The molecule has 0 spiro atoms. The Morgan fingerprint density at radius 2 is 1.00 bits per heavy atom. The molecule has 0 heterocycles. The van der Waals surface area contributed by atoms with Crippen LogP contribution in [0.5, 0.6) is 0 Å². The molecule has 0 saturated heterocycles. The van der Waals surface area contributed by atoms with Crippen molar-refractivity contribution in [3.8, 4) is 0 Å². The van der Waals surface area contributed by atoms with Crippen LogP contribution in [0.3, 0.4) is 0 Å². The summed E-state index contributed by atoms with van der Waals surface area (Å²) in [7, 11) is 0. The van der Waals surface area contributed by atoms with Gasteiger partial charge >= 0.3 is 0 Å². The van der Waals surface area contributed by atoms with E-state index < -0.39 is 0 Å². The molecular formula is C19H39. The van der Waals surface area contributed by atoms with E-state index in [1.807, 2.05) is 0 Å². The van der Waals surface area contributed by atoms with E-state index in [0.29, 0.717) is 5.41 Å². The van der Waals surface area contributed by atoms with Crippen LogP contribution in [-0.2, 0) is 0 Å². The first-order valence-electron chi connectivity index (χ1n) is 8.93. The fourth-order valence-electron chi connectivity index (χ4n) is 2.57. The van der Waals surface area contributed by atoms with Crippen LogP contribution in [0.4, 0.5) is 0 Å². The maximum absolute atomic E-state index is 2.35. The van der Waals surface area contributed by atoms with Gasteiger partial charge < -0.3 is 0 Å². The van der Waals surface area contributed by atoms with Crippen molar-refractivity contribution in [2.45, 2.75) is 111 Å². The van der Waals surface area contributed by atoms with Crippen LogP contribution in [0, 0.1) is 11.8 Å². The molecule has 0 rings (SSSR count). The van der Waals surface area contributed by atoms with Gasteiger partial charge in [0, 0.05) is 0 Å². The van der Waals surface area contributed by atoms with Gasteiger partial charge in [0.1, 0.15) is 0 Å². The molecule has 0 aromatic heterocycles. The minimum atomic E-state index is 0.457. The summed E-state index contributed by atoms with van der Waals surface area (Å²) >= 11 is 0.